The molecule has 5 heterocycles. The van der Waals surface area contributed by atoms with Gasteiger partial charge in [-0.15, -0.1) is 0 Å². The SMILES string of the molecule is CCn1c(N2CCCC(N)C2)nc2c(=O)n(CCOC)n(Cc3ccc4ncccc4n3)c(=O)c21. The molecule has 0 radical (unpaired) electrons. The predicted octanol–water partition coefficient (Wildman–Crippen LogP) is 0.945. The van der Waals surface area contributed by atoms with Gasteiger partial charge in [0.15, 0.2) is 5.52 Å². The maximum Gasteiger partial charge on any atom is 0.293 e. The van der Waals surface area contributed by atoms with Crippen molar-refractivity contribution in [2.75, 3.05) is 31.7 Å². The second-order valence-corrected chi connectivity index (χ2v) is 8.83. The van der Waals surface area contributed by atoms with E-state index < -0.39 is 0 Å². The van der Waals surface area contributed by atoms with E-state index in [1.54, 1.807) is 13.3 Å². The molecule has 1 fully saturated rings. The zero-order chi connectivity index (χ0) is 24.5. The smallest absolute Gasteiger partial charge is 0.293 e. The molecule has 184 valence electrons. The van der Waals surface area contributed by atoms with Crippen molar-refractivity contribution in [2.24, 2.45) is 5.73 Å². The zero-order valence-corrected chi connectivity index (χ0v) is 20.1. The summed E-state index contributed by atoms with van der Waals surface area (Å²) in [5.41, 5.74) is 8.22. The van der Waals surface area contributed by atoms with Gasteiger partial charge in [0.1, 0.15) is 5.52 Å². The Bertz CT molecular complexity index is 1490. The lowest BCUT2D eigenvalue weighted by Gasteiger charge is -2.31. The molecule has 0 saturated carbocycles. The minimum absolute atomic E-state index is 0.0392. The second-order valence-electron chi connectivity index (χ2n) is 8.83. The highest BCUT2D eigenvalue weighted by Crippen LogP contribution is 2.22. The minimum atomic E-state index is -0.325. The van der Waals surface area contributed by atoms with E-state index in [-0.39, 0.29) is 42.4 Å². The Hall–Kier alpha value is -3.57. The Labute approximate surface area is 201 Å². The fraction of sp³-hybridized carbons (Fsp3) is 0.458. The van der Waals surface area contributed by atoms with Crippen LogP contribution in [0.5, 0.6) is 0 Å². The summed E-state index contributed by atoms with van der Waals surface area (Å²) in [5.74, 6) is 0.623. The van der Waals surface area contributed by atoms with Crippen LogP contribution in [-0.2, 0) is 24.4 Å². The van der Waals surface area contributed by atoms with Gasteiger partial charge >= 0.3 is 0 Å². The molecular weight excluding hydrogens is 448 g/mol. The highest BCUT2D eigenvalue weighted by molar-refractivity contribution is 5.77. The molecule has 35 heavy (non-hydrogen) atoms. The number of pyridine rings is 2. The van der Waals surface area contributed by atoms with E-state index in [0.29, 0.717) is 30.2 Å². The molecule has 1 saturated heterocycles. The number of methoxy groups -OCH3 is 1. The summed E-state index contributed by atoms with van der Waals surface area (Å²) in [6.45, 7) is 4.53. The lowest BCUT2D eigenvalue weighted by molar-refractivity contribution is 0.175. The quantitative estimate of drug-likeness (QED) is 0.416. The number of hydrogen-bond donors (Lipinski definition) is 1. The van der Waals surface area contributed by atoms with Gasteiger partial charge in [-0.3, -0.25) is 14.6 Å². The van der Waals surface area contributed by atoms with Crippen LogP contribution in [0, 0.1) is 0 Å². The van der Waals surface area contributed by atoms with Gasteiger partial charge in [-0.1, -0.05) is 0 Å². The summed E-state index contributed by atoms with van der Waals surface area (Å²) in [7, 11) is 1.56. The summed E-state index contributed by atoms with van der Waals surface area (Å²) in [6.07, 6.45) is 3.61. The van der Waals surface area contributed by atoms with Crippen LogP contribution in [0.3, 0.4) is 0 Å². The molecule has 4 aromatic heterocycles. The Morgan fingerprint density at radius 1 is 1.11 bits per heavy atom. The molecule has 0 spiro atoms. The first-order valence-corrected chi connectivity index (χ1v) is 12.0. The third-order valence-electron chi connectivity index (χ3n) is 6.50. The summed E-state index contributed by atoms with van der Waals surface area (Å²) >= 11 is 0. The molecule has 11 heteroatoms. The third-order valence-corrected chi connectivity index (χ3v) is 6.50. The number of nitrogens with two attached hydrogens (primary N) is 1. The van der Waals surface area contributed by atoms with Crippen LogP contribution in [0.2, 0.25) is 0 Å². The van der Waals surface area contributed by atoms with Crippen molar-refractivity contribution in [3.8, 4) is 0 Å². The summed E-state index contributed by atoms with van der Waals surface area (Å²) in [5, 5.41) is 0. The van der Waals surface area contributed by atoms with E-state index in [1.165, 1.54) is 9.36 Å². The number of aryl methyl sites for hydroxylation is 1. The number of rotatable bonds is 7. The van der Waals surface area contributed by atoms with Gasteiger partial charge in [-0.25, -0.2) is 19.3 Å². The van der Waals surface area contributed by atoms with E-state index in [9.17, 15) is 9.59 Å². The Morgan fingerprint density at radius 2 is 1.97 bits per heavy atom. The van der Waals surface area contributed by atoms with Crippen LogP contribution in [-0.4, -0.2) is 61.7 Å². The molecule has 2 N–H and O–H groups in total. The first kappa shape index (κ1) is 23.2. The van der Waals surface area contributed by atoms with Crippen molar-refractivity contribution < 1.29 is 4.74 Å². The number of anilines is 1. The monoisotopic (exact) mass is 478 g/mol. The molecule has 4 aromatic rings. The molecule has 1 unspecified atom stereocenters. The van der Waals surface area contributed by atoms with Gasteiger partial charge in [0, 0.05) is 39.0 Å². The Kier molecular flexibility index (Phi) is 6.35. The van der Waals surface area contributed by atoms with E-state index in [1.807, 2.05) is 35.8 Å². The maximum atomic E-state index is 13.9. The van der Waals surface area contributed by atoms with Crippen molar-refractivity contribution in [3.63, 3.8) is 0 Å². The lowest BCUT2D eigenvalue weighted by Crippen LogP contribution is -2.44. The van der Waals surface area contributed by atoms with Crippen molar-refractivity contribution in [1.82, 2.24) is 28.9 Å². The molecule has 1 atom stereocenters. The molecule has 1 aliphatic rings. The molecule has 5 rings (SSSR count). The molecule has 1 aliphatic heterocycles. The van der Waals surface area contributed by atoms with Crippen LogP contribution in [0.25, 0.3) is 22.1 Å². The predicted molar refractivity (Wildman–Crippen MR) is 134 cm³/mol. The lowest BCUT2D eigenvalue weighted by atomic mass is 10.1. The maximum absolute atomic E-state index is 13.9. The average Bonchev–Trinajstić information content (AvgIpc) is 3.27. The molecule has 0 bridgehead atoms. The number of piperidine rings is 1. The van der Waals surface area contributed by atoms with Gasteiger partial charge in [0.2, 0.25) is 5.95 Å². The highest BCUT2D eigenvalue weighted by atomic mass is 16.5. The molecular formula is C24H30N8O3. The van der Waals surface area contributed by atoms with E-state index in [4.69, 9.17) is 10.5 Å². The molecule has 0 amide bonds. The van der Waals surface area contributed by atoms with Gasteiger partial charge < -0.3 is 19.9 Å². The van der Waals surface area contributed by atoms with Crippen LogP contribution in [0.15, 0.2) is 40.1 Å². The number of imidazole rings is 1. The third kappa shape index (κ3) is 4.21. The standard InChI is InChI=1S/C24H30N8O3/c1-3-30-21-20(28-24(30)29-11-5-6-16(25)14-29)22(33)31(12-13-35-2)32(23(21)34)15-17-8-9-18-19(27-17)7-4-10-26-18/h4,7-10,16H,3,5-6,11-15,25H2,1-2H3. The highest BCUT2D eigenvalue weighted by Gasteiger charge is 2.26. The zero-order valence-electron chi connectivity index (χ0n) is 20.1. The van der Waals surface area contributed by atoms with Crippen molar-refractivity contribution >= 4 is 28.0 Å². The van der Waals surface area contributed by atoms with Crippen LogP contribution in [0.1, 0.15) is 25.5 Å². The van der Waals surface area contributed by atoms with Crippen LogP contribution < -0.4 is 21.8 Å². The fourth-order valence-corrected chi connectivity index (χ4v) is 4.80. The van der Waals surface area contributed by atoms with Crippen molar-refractivity contribution in [1.29, 1.82) is 0 Å². The first-order chi connectivity index (χ1) is 17.0. The topological polar surface area (TPSA) is 126 Å². The summed E-state index contributed by atoms with van der Waals surface area (Å²) < 4.78 is 9.94. The second kappa shape index (κ2) is 9.59. The van der Waals surface area contributed by atoms with Gasteiger partial charge in [-0.05, 0) is 44.0 Å². The minimum Gasteiger partial charge on any atom is -0.383 e. The number of ether oxygens (including phenoxy) is 1. The van der Waals surface area contributed by atoms with Crippen LogP contribution in [0.4, 0.5) is 5.95 Å². The Morgan fingerprint density at radius 3 is 2.74 bits per heavy atom. The van der Waals surface area contributed by atoms with E-state index >= 15 is 0 Å². The van der Waals surface area contributed by atoms with Crippen LogP contribution >= 0.6 is 0 Å². The summed E-state index contributed by atoms with van der Waals surface area (Å²) in [6, 6.07) is 7.43. The normalized spacial score (nSPS) is 16.4. The number of fused-ring (bicyclic) bond motifs is 2. The fourth-order valence-electron chi connectivity index (χ4n) is 4.80. The molecule has 0 aromatic carbocycles. The van der Waals surface area contributed by atoms with E-state index in [0.717, 1.165) is 30.4 Å². The number of nitrogens with zero attached hydrogens (tertiary/aromatic N) is 7. The molecule has 11 nitrogen and oxygen atoms in total. The first-order valence-electron chi connectivity index (χ1n) is 12.0. The van der Waals surface area contributed by atoms with E-state index in [2.05, 4.69) is 19.9 Å². The Balaban J connectivity index is 1.68. The van der Waals surface area contributed by atoms with Crippen molar-refractivity contribution in [2.45, 2.75) is 45.4 Å². The summed E-state index contributed by atoms with van der Waals surface area (Å²) in [4.78, 5) is 43.3. The number of aromatic nitrogens is 6. The van der Waals surface area contributed by atoms with Gasteiger partial charge in [-0.2, -0.15) is 0 Å². The average molecular weight is 479 g/mol. The van der Waals surface area contributed by atoms with Crippen molar-refractivity contribution in [3.05, 3.63) is 56.9 Å². The molecule has 0 aliphatic carbocycles. The van der Waals surface area contributed by atoms with Gasteiger partial charge in [0.25, 0.3) is 11.1 Å². The van der Waals surface area contributed by atoms with Gasteiger partial charge in [0.05, 0.1) is 36.4 Å². The number of hydrogen-bond acceptors (Lipinski definition) is 8. The largest absolute Gasteiger partial charge is 0.383 e.